The highest BCUT2D eigenvalue weighted by atomic mass is 32.2. The average molecular weight is 375 g/mol. The lowest BCUT2D eigenvalue weighted by Crippen LogP contribution is -2.41. The van der Waals surface area contributed by atoms with Crippen LogP contribution in [0.3, 0.4) is 0 Å². The predicted octanol–water partition coefficient (Wildman–Crippen LogP) is 1.50. The molecule has 0 heterocycles. The van der Waals surface area contributed by atoms with E-state index in [1.54, 1.807) is 0 Å². The molecule has 0 saturated heterocycles. The Labute approximate surface area is 155 Å². The molecule has 0 saturated carbocycles. The van der Waals surface area contributed by atoms with Crippen LogP contribution in [0, 0.1) is 0 Å². The summed E-state index contributed by atoms with van der Waals surface area (Å²) < 4.78 is 25.7. The van der Waals surface area contributed by atoms with E-state index in [2.05, 4.69) is 27.1 Å². The van der Waals surface area contributed by atoms with E-state index in [1.807, 2.05) is 32.3 Å². The number of likely N-dealkylation sites (N-methyl/N-ethyl adjacent to an activating group) is 1. The number of sulfonamides is 1. The van der Waals surface area contributed by atoms with Crippen molar-refractivity contribution in [1.29, 1.82) is 0 Å². The Bertz CT molecular complexity index is 819. The molecular weight excluding hydrogens is 350 g/mol. The van der Waals surface area contributed by atoms with Gasteiger partial charge in [0.15, 0.2) is 0 Å². The zero-order chi connectivity index (χ0) is 19.2. The smallest absolute Gasteiger partial charge is 0.251 e. The molecule has 6 nitrogen and oxygen atoms in total. The summed E-state index contributed by atoms with van der Waals surface area (Å²) in [5.41, 5.74) is 1.64. The molecule has 0 aliphatic heterocycles. The van der Waals surface area contributed by atoms with Gasteiger partial charge in [-0.05, 0) is 57.4 Å². The third-order valence-electron chi connectivity index (χ3n) is 4.24. The number of nitrogens with one attached hydrogen (secondary N) is 2. The van der Waals surface area contributed by atoms with Crippen LogP contribution in [0.5, 0.6) is 0 Å². The van der Waals surface area contributed by atoms with E-state index >= 15 is 0 Å². The van der Waals surface area contributed by atoms with Gasteiger partial charge in [-0.25, -0.2) is 13.1 Å². The molecule has 0 bridgehead atoms. The van der Waals surface area contributed by atoms with Crippen molar-refractivity contribution in [2.45, 2.75) is 17.4 Å². The summed E-state index contributed by atoms with van der Waals surface area (Å²) >= 11 is 0. The van der Waals surface area contributed by atoms with Crippen LogP contribution in [-0.2, 0) is 16.4 Å². The van der Waals surface area contributed by atoms with Crippen molar-refractivity contribution in [3.8, 4) is 0 Å². The summed E-state index contributed by atoms with van der Waals surface area (Å²) in [5.74, 6) is -0.224. The SMILES string of the molecule is CNS(=O)(=O)c1ccc(C(=O)NCC(Cc2ccccc2)N(C)C)cc1. The van der Waals surface area contributed by atoms with Gasteiger partial charge in [-0.3, -0.25) is 4.79 Å². The summed E-state index contributed by atoms with van der Waals surface area (Å²) in [6.45, 7) is 0.497. The average Bonchev–Trinajstić information content (AvgIpc) is 2.65. The zero-order valence-corrected chi connectivity index (χ0v) is 16.1. The van der Waals surface area contributed by atoms with Crippen LogP contribution in [0.2, 0.25) is 0 Å². The maximum absolute atomic E-state index is 12.4. The highest BCUT2D eigenvalue weighted by Crippen LogP contribution is 2.11. The quantitative estimate of drug-likeness (QED) is 0.733. The summed E-state index contributed by atoms with van der Waals surface area (Å²) in [5, 5.41) is 2.93. The second-order valence-electron chi connectivity index (χ2n) is 6.25. The van der Waals surface area contributed by atoms with Crippen LogP contribution in [-0.4, -0.2) is 53.0 Å². The van der Waals surface area contributed by atoms with Gasteiger partial charge in [-0.1, -0.05) is 30.3 Å². The standard InChI is InChI=1S/C19H25N3O3S/c1-20-26(24,25)18-11-9-16(10-12-18)19(23)21-14-17(22(2)3)13-15-7-5-4-6-8-15/h4-12,17,20H,13-14H2,1-3H3,(H,21,23). The number of hydrogen-bond donors (Lipinski definition) is 2. The number of carbonyl (C=O) groups is 1. The van der Waals surface area contributed by atoms with Gasteiger partial charge >= 0.3 is 0 Å². The molecule has 26 heavy (non-hydrogen) atoms. The molecule has 1 atom stereocenters. The van der Waals surface area contributed by atoms with E-state index in [1.165, 1.54) is 36.9 Å². The topological polar surface area (TPSA) is 78.5 Å². The van der Waals surface area contributed by atoms with E-state index in [0.717, 1.165) is 6.42 Å². The predicted molar refractivity (Wildman–Crippen MR) is 103 cm³/mol. The molecule has 2 N–H and O–H groups in total. The van der Waals surface area contributed by atoms with Crippen LogP contribution in [0.25, 0.3) is 0 Å². The van der Waals surface area contributed by atoms with Crippen LogP contribution in [0.4, 0.5) is 0 Å². The Morgan fingerprint density at radius 3 is 2.19 bits per heavy atom. The second kappa shape index (κ2) is 8.93. The van der Waals surface area contributed by atoms with Crippen LogP contribution in [0.15, 0.2) is 59.5 Å². The molecule has 140 valence electrons. The van der Waals surface area contributed by atoms with Gasteiger partial charge in [0.1, 0.15) is 0 Å². The summed E-state index contributed by atoms with van der Waals surface area (Å²) in [7, 11) is 1.82. The molecule has 2 aromatic rings. The van der Waals surface area contributed by atoms with Gasteiger partial charge in [-0.15, -0.1) is 0 Å². The second-order valence-corrected chi connectivity index (χ2v) is 8.14. The third-order valence-corrected chi connectivity index (χ3v) is 5.67. The minimum atomic E-state index is -3.50. The van der Waals surface area contributed by atoms with Gasteiger partial charge in [0.25, 0.3) is 5.91 Å². The number of amides is 1. The zero-order valence-electron chi connectivity index (χ0n) is 15.3. The molecular formula is C19H25N3O3S. The number of carbonyl (C=O) groups excluding carboxylic acids is 1. The molecule has 0 fully saturated rings. The Morgan fingerprint density at radius 1 is 1.04 bits per heavy atom. The Balaban J connectivity index is 1.99. The Morgan fingerprint density at radius 2 is 1.65 bits per heavy atom. The molecule has 0 radical (unpaired) electrons. The van der Waals surface area contributed by atoms with E-state index in [-0.39, 0.29) is 16.8 Å². The fourth-order valence-corrected chi connectivity index (χ4v) is 3.27. The first-order valence-electron chi connectivity index (χ1n) is 8.35. The van der Waals surface area contributed by atoms with Gasteiger partial charge in [0.05, 0.1) is 4.90 Å². The summed E-state index contributed by atoms with van der Waals surface area (Å²) in [6, 6.07) is 16.2. The van der Waals surface area contributed by atoms with Crippen LogP contribution in [0.1, 0.15) is 15.9 Å². The summed E-state index contributed by atoms with van der Waals surface area (Å²) in [6.07, 6.45) is 0.827. The highest BCUT2D eigenvalue weighted by molar-refractivity contribution is 7.89. The van der Waals surface area contributed by atoms with Crippen LogP contribution >= 0.6 is 0 Å². The number of nitrogens with zero attached hydrogens (tertiary/aromatic N) is 1. The molecule has 7 heteroatoms. The van der Waals surface area contributed by atoms with E-state index in [9.17, 15) is 13.2 Å². The monoisotopic (exact) mass is 375 g/mol. The van der Waals surface area contributed by atoms with Crippen molar-refractivity contribution in [2.75, 3.05) is 27.7 Å². The van der Waals surface area contributed by atoms with Crippen molar-refractivity contribution in [1.82, 2.24) is 14.9 Å². The van der Waals surface area contributed by atoms with Crippen molar-refractivity contribution in [2.24, 2.45) is 0 Å². The first-order valence-corrected chi connectivity index (χ1v) is 9.84. The molecule has 0 spiro atoms. The van der Waals surface area contributed by atoms with Crippen LogP contribution < -0.4 is 10.0 Å². The first kappa shape index (κ1) is 20.1. The molecule has 0 aliphatic rings. The molecule has 2 aromatic carbocycles. The molecule has 2 rings (SSSR count). The number of rotatable bonds is 8. The molecule has 0 aliphatic carbocycles. The lowest BCUT2D eigenvalue weighted by molar-refractivity contribution is 0.0941. The van der Waals surface area contributed by atoms with E-state index in [4.69, 9.17) is 0 Å². The van der Waals surface area contributed by atoms with Crippen molar-refractivity contribution >= 4 is 15.9 Å². The maximum atomic E-state index is 12.4. The fraction of sp³-hybridized carbons (Fsp3) is 0.316. The normalized spacial score (nSPS) is 12.8. The van der Waals surface area contributed by atoms with Gasteiger partial charge in [0.2, 0.25) is 10.0 Å². The molecule has 1 unspecified atom stereocenters. The Hall–Kier alpha value is -2.22. The number of hydrogen-bond acceptors (Lipinski definition) is 4. The lowest BCUT2D eigenvalue weighted by Gasteiger charge is -2.24. The largest absolute Gasteiger partial charge is 0.350 e. The molecule has 0 aromatic heterocycles. The summed E-state index contributed by atoms with van der Waals surface area (Å²) in [4.78, 5) is 14.6. The fourth-order valence-electron chi connectivity index (χ4n) is 2.54. The molecule has 1 amide bonds. The third kappa shape index (κ3) is 5.39. The maximum Gasteiger partial charge on any atom is 0.251 e. The van der Waals surface area contributed by atoms with Crippen molar-refractivity contribution < 1.29 is 13.2 Å². The minimum Gasteiger partial charge on any atom is -0.350 e. The number of benzene rings is 2. The van der Waals surface area contributed by atoms with Crippen molar-refractivity contribution in [3.63, 3.8) is 0 Å². The highest BCUT2D eigenvalue weighted by Gasteiger charge is 2.16. The Kier molecular flexibility index (Phi) is 6.90. The van der Waals surface area contributed by atoms with Gasteiger partial charge < -0.3 is 10.2 Å². The first-order chi connectivity index (χ1) is 12.3. The van der Waals surface area contributed by atoms with Crippen molar-refractivity contribution in [3.05, 3.63) is 65.7 Å². The van der Waals surface area contributed by atoms with E-state index in [0.29, 0.717) is 12.1 Å². The van der Waals surface area contributed by atoms with Gasteiger partial charge in [-0.2, -0.15) is 0 Å². The van der Waals surface area contributed by atoms with Gasteiger partial charge in [0, 0.05) is 18.2 Å². The minimum absolute atomic E-state index is 0.131. The van der Waals surface area contributed by atoms with E-state index < -0.39 is 10.0 Å². The lowest BCUT2D eigenvalue weighted by atomic mass is 10.1.